The first-order valence-electron chi connectivity index (χ1n) is 12.2. The lowest BCUT2D eigenvalue weighted by Gasteiger charge is -2.36. The van der Waals surface area contributed by atoms with E-state index in [1.165, 1.54) is 29.2 Å². The summed E-state index contributed by atoms with van der Waals surface area (Å²) in [4.78, 5) is 35.3. The van der Waals surface area contributed by atoms with Gasteiger partial charge < -0.3 is 9.74 Å². The topological polar surface area (TPSA) is 45.0 Å². The SMILES string of the molecule is [C-]#[N+]C1C(=O)N(CC(CC)CCCC)C(=O)C(Cc2cc(Br)c(N3CCCCC3)s2)C1C. The van der Waals surface area contributed by atoms with Crippen molar-refractivity contribution in [3.63, 3.8) is 0 Å². The first-order chi connectivity index (χ1) is 15.4. The van der Waals surface area contributed by atoms with Gasteiger partial charge in [-0.3, -0.25) is 14.5 Å². The number of unbranched alkanes of at least 4 members (excludes halogenated alkanes) is 1. The predicted octanol–water partition coefficient (Wildman–Crippen LogP) is 6.17. The van der Waals surface area contributed by atoms with Crippen LogP contribution in [0.4, 0.5) is 5.00 Å². The van der Waals surface area contributed by atoms with Crippen molar-refractivity contribution in [1.29, 1.82) is 0 Å². The molecule has 0 aromatic carbocycles. The third-order valence-corrected chi connectivity index (χ3v) is 9.23. The average Bonchev–Trinajstić information content (AvgIpc) is 3.17. The lowest BCUT2D eigenvalue weighted by molar-refractivity contribution is -0.155. The Morgan fingerprint density at radius 1 is 1.22 bits per heavy atom. The number of thiophene rings is 1. The minimum Gasteiger partial charge on any atom is -0.363 e. The van der Waals surface area contributed by atoms with E-state index in [2.05, 4.69) is 45.6 Å². The molecule has 5 nitrogen and oxygen atoms in total. The molecule has 0 radical (unpaired) electrons. The largest absolute Gasteiger partial charge is 0.363 e. The quantitative estimate of drug-likeness (QED) is 0.288. The van der Waals surface area contributed by atoms with Gasteiger partial charge in [0.05, 0.1) is 16.3 Å². The fourth-order valence-electron chi connectivity index (χ4n) is 4.98. The molecule has 2 fully saturated rings. The summed E-state index contributed by atoms with van der Waals surface area (Å²) in [6.45, 7) is 16.4. The second-order valence-corrected chi connectivity index (χ2v) is 11.3. The number of piperidine rings is 2. The van der Waals surface area contributed by atoms with Crippen LogP contribution < -0.4 is 4.90 Å². The molecule has 7 heteroatoms. The molecule has 2 aliphatic heterocycles. The number of hydrogen-bond donors (Lipinski definition) is 0. The van der Waals surface area contributed by atoms with Crippen molar-refractivity contribution in [2.24, 2.45) is 17.8 Å². The third-order valence-electron chi connectivity index (χ3n) is 7.14. The monoisotopic (exact) mass is 521 g/mol. The molecule has 0 saturated carbocycles. The Hall–Kier alpha value is -1.39. The van der Waals surface area contributed by atoms with Crippen molar-refractivity contribution in [2.75, 3.05) is 24.5 Å². The number of imide groups is 1. The van der Waals surface area contributed by atoms with Crippen LogP contribution in [-0.2, 0) is 16.0 Å². The fourth-order valence-corrected chi connectivity index (χ4v) is 7.05. The molecule has 4 atom stereocenters. The summed E-state index contributed by atoms with van der Waals surface area (Å²) >= 11 is 5.48. The van der Waals surface area contributed by atoms with E-state index in [0.717, 1.165) is 48.1 Å². The summed E-state index contributed by atoms with van der Waals surface area (Å²) in [5.74, 6) is -0.648. The highest BCUT2D eigenvalue weighted by Crippen LogP contribution is 2.40. The molecular weight excluding hydrogens is 486 g/mol. The molecule has 2 saturated heterocycles. The number of carbonyl (C=O) groups excluding carboxylic acids is 2. The van der Waals surface area contributed by atoms with E-state index in [4.69, 9.17) is 6.57 Å². The maximum absolute atomic E-state index is 13.5. The van der Waals surface area contributed by atoms with Crippen molar-refractivity contribution in [3.8, 4) is 0 Å². The first kappa shape index (κ1) is 25.2. The molecule has 0 aliphatic carbocycles. The zero-order chi connectivity index (χ0) is 23.3. The summed E-state index contributed by atoms with van der Waals surface area (Å²) in [6, 6.07) is 1.38. The zero-order valence-electron chi connectivity index (χ0n) is 19.6. The third kappa shape index (κ3) is 5.56. The van der Waals surface area contributed by atoms with E-state index in [0.29, 0.717) is 18.9 Å². The molecule has 32 heavy (non-hydrogen) atoms. The smallest absolute Gasteiger partial charge is 0.312 e. The van der Waals surface area contributed by atoms with Crippen LogP contribution in [0.1, 0.15) is 70.6 Å². The van der Waals surface area contributed by atoms with Gasteiger partial charge in [-0.2, -0.15) is 0 Å². The highest BCUT2D eigenvalue weighted by atomic mass is 79.9. The minimum absolute atomic E-state index is 0.0820. The number of anilines is 1. The van der Waals surface area contributed by atoms with E-state index in [9.17, 15) is 9.59 Å². The average molecular weight is 523 g/mol. The number of nitrogens with zero attached hydrogens (tertiary/aromatic N) is 3. The van der Waals surface area contributed by atoms with E-state index in [1.54, 1.807) is 11.3 Å². The van der Waals surface area contributed by atoms with Crippen LogP contribution in [0, 0.1) is 24.3 Å². The van der Waals surface area contributed by atoms with E-state index in [1.807, 2.05) is 6.92 Å². The Morgan fingerprint density at radius 3 is 2.56 bits per heavy atom. The van der Waals surface area contributed by atoms with E-state index in [-0.39, 0.29) is 23.7 Å². The molecule has 0 N–H and O–H groups in total. The molecule has 3 heterocycles. The number of rotatable bonds is 9. The molecule has 0 spiro atoms. The summed E-state index contributed by atoms with van der Waals surface area (Å²) in [5, 5.41) is 1.25. The highest BCUT2D eigenvalue weighted by molar-refractivity contribution is 9.10. The number of halogens is 1. The zero-order valence-corrected chi connectivity index (χ0v) is 22.0. The molecule has 2 amide bonds. The van der Waals surface area contributed by atoms with Crippen molar-refractivity contribution in [1.82, 2.24) is 4.90 Å². The summed E-state index contributed by atoms with van der Waals surface area (Å²) in [5.41, 5.74) is 0. The van der Waals surface area contributed by atoms with Crippen LogP contribution in [0.15, 0.2) is 10.5 Å². The fraction of sp³-hybridized carbons (Fsp3) is 0.720. The normalized spacial score (nSPS) is 25.2. The Morgan fingerprint density at radius 2 is 1.94 bits per heavy atom. The standard InChI is InChI=1S/C25H36BrN3O2S/c1-5-7-11-18(6-2)16-29-23(30)20(17(3)22(27-4)24(29)31)14-19-15-21(26)25(32-19)28-12-9-8-10-13-28/h15,17-18,20,22H,5-14,16H2,1-3H3. The summed E-state index contributed by atoms with van der Waals surface area (Å²) < 4.78 is 1.09. The van der Waals surface area contributed by atoms with Crippen molar-refractivity contribution >= 4 is 44.1 Å². The lowest BCUT2D eigenvalue weighted by Crippen LogP contribution is -2.56. The van der Waals surface area contributed by atoms with Gasteiger partial charge in [0.2, 0.25) is 5.91 Å². The predicted molar refractivity (Wildman–Crippen MR) is 135 cm³/mol. The van der Waals surface area contributed by atoms with Crippen LogP contribution in [0.3, 0.4) is 0 Å². The van der Waals surface area contributed by atoms with Crippen LogP contribution in [0.5, 0.6) is 0 Å². The molecule has 1 aromatic rings. The highest BCUT2D eigenvalue weighted by Gasteiger charge is 2.50. The van der Waals surface area contributed by atoms with Gasteiger partial charge >= 0.3 is 11.9 Å². The molecule has 176 valence electrons. The van der Waals surface area contributed by atoms with E-state index >= 15 is 0 Å². The van der Waals surface area contributed by atoms with Crippen molar-refractivity contribution in [2.45, 2.75) is 78.2 Å². The van der Waals surface area contributed by atoms with Gasteiger partial charge in [0.1, 0.15) is 5.00 Å². The van der Waals surface area contributed by atoms with Gasteiger partial charge in [0.25, 0.3) is 0 Å². The van der Waals surface area contributed by atoms with Gasteiger partial charge in [-0.25, -0.2) is 6.57 Å². The first-order valence-corrected chi connectivity index (χ1v) is 13.8. The van der Waals surface area contributed by atoms with E-state index < -0.39 is 6.04 Å². The second kappa shape index (κ2) is 11.7. The summed E-state index contributed by atoms with van der Waals surface area (Å²) in [6.07, 6.45) is 8.49. The van der Waals surface area contributed by atoms with Gasteiger partial charge in [0, 0.05) is 24.5 Å². The van der Waals surface area contributed by atoms with Crippen molar-refractivity contribution in [3.05, 3.63) is 26.8 Å². The number of likely N-dealkylation sites (tertiary alicyclic amines) is 1. The Balaban J connectivity index is 1.79. The molecule has 3 rings (SSSR count). The summed E-state index contributed by atoms with van der Waals surface area (Å²) in [7, 11) is 0. The van der Waals surface area contributed by atoms with Gasteiger partial charge in [-0.15, -0.1) is 11.3 Å². The maximum atomic E-state index is 13.5. The molecule has 4 unspecified atom stereocenters. The Bertz CT molecular complexity index is 843. The number of amides is 2. The minimum atomic E-state index is -0.758. The Kier molecular flexibility index (Phi) is 9.19. The van der Waals surface area contributed by atoms with Crippen LogP contribution in [-0.4, -0.2) is 42.4 Å². The van der Waals surface area contributed by atoms with Crippen molar-refractivity contribution < 1.29 is 9.59 Å². The molecular formula is C25H36BrN3O2S. The molecule has 1 aromatic heterocycles. The van der Waals surface area contributed by atoms with Gasteiger partial charge in [-0.1, -0.05) is 40.0 Å². The van der Waals surface area contributed by atoms with Crippen LogP contribution in [0.2, 0.25) is 0 Å². The van der Waals surface area contributed by atoms with Crippen LogP contribution >= 0.6 is 27.3 Å². The number of hydrogen-bond acceptors (Lipinski definition) is 4. The van der Waals surface area contributed by atoms with Crippen LogP contribution in [0.25, 0.3) is 4.85 Å². The Labute approximate surface area is 205 Å². The van der Waals surface area contributed by atoms with Gasteiger partial charge in [0.15, 0.2) is 0 Å². The second-order valence-electron chi connectivity index (χ2n) is 9.36. The number of carbonyl (C=O) groups is 2. The molecule has 0 bridgehead atoms. The maximum Gasteiger partial charge on any atom is 0.312 e. The lowest BCUT2D eigenvalue weighted by atomic mass is 9.79. The van der Waals surface area contributed by atoms with Gasteiger partial charge in [-0.05, 0) is 60.0 Å². The molecule has 2 aliphatic rings.